The fraction of sp³-hybridized carbons (Fsp3) is 0.524. The molecule has 2 aliphatic heterocycles. The fourth-order valence-corrected chi connectivity index (χ4v) is 4.43. The maximum Gasteiger partial charge on any atom is 0.289 e. The second-order valence-corrected chi connectivity index (χ2v) is 8.33. The zero-order valence-corrected chi connectivity index (χ0v) is 16.4. The van der Waals surface area contributed by atoms with Gasteiger partial charge in [0.05, 0.1) is 0 Å². The van der Waals surface area contributed by atoms with Crippen molar-refractivity contribution >= 4 is 34.4 Å². The molecule has 0 radical (unpaired) electrons. The number of furan rings is 1. The molecule has 4 rings (SSSR count). The molecule has 1 unspecified atom stereocenters. The van der Waals surface area contributed by atoms with E-state index in [4.69, 9.17) is 16.0 Å². The van der Waals surface area contributed by atoms with E-state index >= 15 is 0 Å². The van der Waals surface area contributed by atoms with Crippen molar-refractivity contribution in [1.82, 2.24) is 9.80 Å². The first-order chi connectivity index (χ1) is 13.0. The molecule has 1 aromatic carbocycles. The van der Waals surface area contributed by atoms with Gasteiger partial charge in [-0.15, -0.1) is 0 Å². The van der Waals surface area contributed by atoms with Gasteiger partial charge in [-0.2, -0.15) is 0 Å². The molecular formula is C21H25ClN2O3. The van der Waals surface area contributed by atoms with Gasteiger partial charge in [0.25, 0.3) is 5.91 Å². The van der Waals surface area contributed by atoms with Crippen LogP contribution in [0.2, 0.25) is 5.02 Å². The number of rotatable bonds is 2. The number of amides is 2. The molecule has 27 heavy (non-hydrogen) atoms. The van der Waals surface area contributed by atoms with Crippen molar-refractivity contribution in [3.05, 3.63) is 35.0 Å². The Bertz CT molecular complexity index is 854. The monoisotopic (exact) mass is 388 g/mol. The highest BCUT2D eigenvalue weighted by Crippen LogP contribution is 2.27. The van der Waals surface area contributed by atoms with E-state index in [2.05, 4.69) is 6.92 Å². The minimum atomic E-state index is -0.111. The number of hydrogen-bond donors (Lipinski definition) is 0. The van der Waals surface area contributed by atoms with E-state index in [0.717, 1.165) is 37.7 Å². The Balaban J connectivity index is 1.38. The molecule has 0 aliphatic carbocycles. The third kappa shape index (κ3) is 3.84. The molecule has 5 nitrogen and oxygen atoms in total. The van der Waals surface area contributed by atoms with Crippen LogP contribution in [0.15, 0.2) is 28.7 Å². The molecule has 6 heteroatoms. The van der Waals surface area contributed by atoms with Gasteiger partial charge in [-0.1, -0.05) is 18.5 Å². The Kier molecular flexibility index (Phi) is 5.13. The third-order valence-corrected chi connectivity index (χ3v) is 6.02. The van der Waals surface area contributed by atoms with Crippen LogP contribution in [-0.2, 0) is 4.79 Å². The fourth-order valence-electron chi connectivity index (χ4n) is 4.25. The smallest absolute Gasteiger partial charge is 0.289 e. The largest absolute Gasteiger partial charge is 0.451 e. The molecule has 2 aliphatic rings. The molecule has 0 N–H and O–H groups in total. The lowest BCUT2D eigenvalue weighted by Gasteiger charge is -2.37. The molecule has 0 spiro atoms. The van der Waals surface area contributed by atoms with Crippen LogP contribution in [0.4, 0.5) is 0 Å². The van der Waals surface area contributed by atoms with Crippen molar-refractivity contribution in [2.24, 2.45) is 11.8 Å². The quantitative estimate of drug-likeness (QED) is 0.774. The number of fused-ring (bicyclic) bond motifs is 1. The summed E-state index contributed by atoms with van der Waals surface area (Å²) in [6, 6.07) is 7.07. The summed E-state index contributed by atoms with van der Waals surface area (Å²) in [5.74, 6) is 1.12. The summed E-state index contributed by atoms with van der Waals surface area (Å²) in [5, 5.41) is 1.45. The second kappa shape index (κ2) is 7.55. The van der Waals surface area contributed by atoms with Crippen molar-refractivity contribution in [3.8, 4) is 0 Å². The van der Waals surface area contributed by atoms with Crippen LogP contribution < -0.4 is 0 Å². The van der Waals surface area contributed by atoms with E-state index in [1.807, 2.05) is 4.90 Å². The number of carbonyl (C=O) groups is 2. The zero-order chi connectivity index (χ0) is 19.0. The van der Waals surface area contributed by atoms with E-state index in [-0.39, 0.29) is 17.7 Å². The van der Waals surface area contributed by atoms with Gasteiger partial charge in [0.15, 0.2) is 5.76 Å². The van der Waals surface area contributed by atoms with E-state index in [9.17, 15) is 9.59 Å². The molecule has 0 bridgehead atoms. The Morgan fingerprint density at radius 1 is 1.07 bits per heavy atom. The highest BCUT2D eigenvalue weighted by molar-refractivity contribution is 6.31. The van der Waals surface area contributed by atoms with Gasteiger partial charge in [-0.25, -0.2) is 0 Å². The first-order valence-electron chi connectivity index (χ1n) is 9.78. The van der Waals surface area contributed by atoms with Crippen LogP contribution in [-0.4, -0.2) is 47.8 Å². The maximum absolute atomic E-state index is 12.8. The molecule has 144 valence electrons. The van der Waals surface area contributed by atoms with E-state index < -0.39 is 0 Å². The summed E-state index contributed by atoms with van der Waals surface area (Å²) < 4.78 is 5.69. The molecule has 3 heterocycles. The average molecular weight is 389 g/mol. The molecule has 1 aromatic heterocycles. The Labute approximate surface area is 164 Å². The minimum Gasteiger partial charge on any atom is -0.451 e. The predicted octanol–water partition coefficient (Wildman–Crippen LogP) is 4.20. The standard InChI is InChI=1S/C21H25ClN2O3/c1-14-3-2-8-24(13-14)20(25)15-6-9-23(10-7-15)21(26)19-12-16-11-17(22)4-5-18(16)27-19/h4-5,11-12,14-15H,2-3,6-10,13H2,1H3. The summed E-state index contributed by atoms with van der Waals surface area (Å²) in [4.78, 5) is 29.4. The van der Waals surface area contributed by atoms with Crippen molar-refractivity contribution in [2.75, 3.05) is 26.2 Å². The van der Waals surface area contributed by atoms with Crippen LogP contribution in [0.3, 0.4) is 0 Å². The van der Waals surface area contributed by atoms with Gasteiger partial charge >= 0.3 is 0 Å². The van der Waals surface area contributed by atoms with E-state index in [1.54, 1.807) is 29.2 Å². The highest BCUT2D eigenvalue weighted by Gasteiger charge is 2.32. The molecule has 2 fully saturated rings. The maximum atomic E-state index is 12.8. The molecule has 0 saturated carbocycles. The van der Waals surface area contributed by atoms with Gasteiger partial charge in [0.1, 0.15) is 5.58 Å². The van der Waals surface area contributed by atoms with Crippen molar-refractivity contribution in [1.29, 1.82) is 0 Å². The SMILES string of the molecule is CC1CCCN(C(=O)C2CCN(C(=O)c3cc4cc(Cl)ccc4o3)CC2)C1. The lowest BCUT2D eigenvalue weighted by atomic mass is 9.92. The van der Waals surface area contributed by atoms with Crippen LogP contribution in [0.1, 0.15) is 43.2 Å². The first-order valence-corrected chi connectivity index (χ1v) is 10.2. The number of carbonyl (C=O) groups excluding carboxylic acids is 2. The molecule has 1 atom stereocenters. The van der Waals surface area contributed by atoms with Crippen LogP contribution >= 0.6 is 11.6 Å². The lowest BCUT2D eigenvalue weighted by Crippen LogP contribution is -2.46. The van der Waals surface area contributed by atoms with Crippen molar-refractivity contribution in [3.63, 3.8) is 0 Å². The number of piperidine rings is 2. The number of hydrogen-bond acceptors (Lipinski definition) is 3. The lowest BCUT2D eigenvalue weighted by molar-refractivity contribution is -0.138. The summed E-state index contributed by atoms with van der Waals surface area (Å²) >= 11 is 6.00. The number of likely N-dealkylation sites (tertiary alicyclic amines) is 2. The van der Waals surface area contributed by atoms with Crippen LogP contribution in [0.25, 0.3) is 11.0 Å². The van der Waals surface area contributed by atoms with Gasteiger partial charge in [-0.3, -0.25) is 9.59 Å². The molecular weight excluding hydrogens is 364 g/mol. The highest BCUT2D eigenvalue weighted by atomic mass is 35.5. The second-order valence-electron chi connectivity index (χ2n) is 7.89. The van der Waals surface area contributed by atoms with Crippen molar-refractivity contribution < 1.29 is 14.0 Å². The molecule has 2 aromatic rings. The third-order valence-electron chi connectivity index (χ3n) is 5.79. The van der Waals surface area contributed by atoms with Gasteiger partial charge < -0.3 is 14.2 Å². The van der Waals surface area contributed by atoms with E-state index in [0.29, 0.717) is 35.4 Å². The molecule has 2 amide bonds. The summed E-state index contributed by atoms with van der Waals surface area (Å²) in [6.45, 7) is 5.15. The van der Waals surface area contributed by atoms with Crippen molar-refractivity contribution in [2.45, 2.75) is 32.6 Å². The van der Waals surface area contributed by atoms with Crippen LogP contribution in [0.5, 0.6) is 0 Å². The normalized spacial score (nSPS) is 21.6. The zero-order valence-electron chi connectivity index (χ0n) is 15.6. The Hall–Kier alpha value is -2.01. The predicted molar refractivity (Wildman–Crippen MR) is 105 cm³/mol. The van der Waals surface area contributed by atoms with Gasteiger partial charge in [-0.05, 0) is 55.9 Å². The van der Waals surface area contributed by atoms with E-state index in [1.165, 1.54) is 6.42 Å². The molecule has 2 saturated heterocycles. The number of benzene rings is 1. The Morgan fingerprint density at radius 3 is 2.59 bits per heavy atom. The first kappa shape index (κ1) is 18.4. The van der Waals surface area contributed by atoms with Gasteiger partial charge in [0.2, 0.25) is 5.91 Å². The number of nitrogens with zero attached hydrogens (tertiary/aromatic N) is 2. The van der Waals surface area contributed by atoms with Gasteiger partial charge in [0, 0.05) is 42.5 Å². The number of halogens is 1. The summed E-state index contributed by atoms with van der Waals surface area (Å²) in [5.41, 5.74) is 0.659. The Morgan fingerprint density at radius 2 is 1.85 bits per heavy atom. The average Bonchev–Trinajstić information content (AvgIpc) is 3.10. The minimum absolute atomic E-state index is 0.0360. The van der Waals surface area contributed by atoms with Crippen LogP contribution in [0, 0.1) is 11.8 Å². The summed E-state index contributed by atoms with van der Waals surface area (Å²) in [7, 11) is 0. The topological polar surface area (TPSA) is 53.8 Å². The summed E-state index contributed by atoms with van der Waals surface area (Å²) in [6.07, 6.45) is 3.75.